The van der Waals surface area contributed by atoms with Crippen LogP contribution in [0.3, 0.4) is 0 Å². The summed E-state index contributed by atoms with van der Waals surface area (Å²) < 4.78 is 38.2. The Balaban J connectivity index is 1.45. The number of benzene rings is 1. The largest absolute Gasteiger partial charge is 0.416 e. The van der Waals surface area contributed by atoms with Gasteiger partial charge in [-0.1, -0.05) is 30.4 Å². The lowest BCUT2D eigenvalue weighted by Crippen LogP contribution is -2.25. The van der Waals surface area contributed by atoms with Crippen LogP contribution in [0.15, 0.2) is 48.6 Å². The van der Waals surface area contributed by atoms with Crippen molar-refractivity contribution >= 4 is 0 Å². The highest BCUT2D eigenvalue weighted by molar-refractivity contribution is 5.27. The average Bonchev–Trinajstić information content (AvgIpc) is 2.71. The molecule has 28 heavy (non-hydrogen) atoms. The fourth-order valence-electron chi connectivity index (χ4n) is 5.00. The van der Waals surface area contributed by atoms with Gasteiger partial charge in [0.1, 0.15) is 0 Å². The molecule has 0 bridgehead atoms. The molecule has 1 aromatic rings. The van der Waals surface area contributed by atoms with Gasteiger partial charge in [-0.15, -0.1) is 0 Å². The van der Waals surface area contributed by atoms with E-state index >= 15 is 0 Å². The van der Waals surface area contributed by atoms with Crippen LogP contribution in [-0.4, -0.2) is 0 Å². The predicted molar refractivity (Wildman–Crippen MR) is 105 cm³/mol. The highest BCUT2D eigenvalue weighted by Gasteiger charge is 2.32. The number of halogens is 3. The first-order valence-electron chi connectivity index (χ1n) is 10.4. The molecule has 2 fully saturated rings. The Labute approximate surface area is 165 Å². The SMILES string of the molecule is N#CC=CC=C[C@H]1CC[C@H]([C@H]2CC[C@H](c3ccc(C(F)(F)F)cc3)CC2)CC1. The van der Waals surface area contributed by atoms with Gasteiger partial charge in [-0.3, -0.25) is 0 Å². The minimum Gasteiger partial charge on any atom is -0.193 e. The second-order valence-electron chi connectivity index (χ2n) is 8.28. The normalized spacial score (nSPS) is 29.2. The second kappa shape index (κ2) is 9.45. The van der Waals surface area contributed by atoms with Crippen molar-refractivity contribution in [3.63, 3.8) is 0 Å². The van der Waals surface area contributed by atoms with Gasteiger partial charge >= 0.3 is 6.18 Å². The van der Waals surface area contributed by atoms with Crippen molar-refractivity contribution in [2.75, 3.05) is 0 Å². The first-order chi connectivity index (χ1) is 13.5. The maximum atomic E-state index is 12.7. The maximum absolute atomic E-state index is 12.7. The summed E-state index contributed by atoms with van der Waals surface area (Å²) in [4.78, 5) is 0. The Bertz CT molecular complexity index is 708. The molecule has 2 saturated carbocycles. The smallest absolute Gasteiger partial charge is 0.193 e. The van der Waals surface area contributed by atoms with Gasteiger partial charge in [0.25, 0.3) is 0 Å². The molecule has 4 heteroatoms. The van der Waals surface area contributed by atoms with Crippen molar-refractivity contribution in [3.05, 3.63) is 59.7 Å². The number of hydrogen-bond donors (Lipinski definition) is 0. The summed E-state index contributed by atoms with van der Waals surface area (Å²) in [6.45, 7) is 0. The van der Waals surface area contributed by atoms with Gasteiger partial charge in [0.2, 0.25) is 0 Å². The van der Waals surface area contributed by atoms with E-state index in [-0.39, 0.29) is 0 Å². The van der Waals surface area contributed by atoms with E-state index in [0.29, 0.717) is 11.8 Å². The third kappa shape index (κ3) is 5.50. The van der Waals surface area contributed by atoms with Gasteiger partial charge in [-0.05, 0) is 92.7 Å². The van der Waals surface area contributed by atoms with Crippen LogP contribution in [0.5, 0.6) is 0 Å². The Kier molecular flexibility index (Phi) is 6.99. The van der Waals surface area contributed by atoms with Crippen LogP contribution in [0.25, 0.3) is 0 Å². The van der Waals surface area contributed by atoms with Crippen LogP contribution in [-0.2, 0) is 6.18 Å². The highest BCUT2D eigenvalue weighted by atomic mass is 19.4. The first kappa shape index (κ1) is 20.7. The fraction of sp³-hybridized carbons (Fsp3) is 0.542. The minimum atomic E-state index is -4.25. The van der Waals surface area contributed by atoms with Gasteiger partial charge < -0.3 is 0 Å². The summed E-state index contributed by atoms with van der Waals surface area (Å²) in [5, 5.41) is 8.50. The number of allylic oxidation sites excluding steroid dienone is 4. The van der Waals surface area contributed by atoms with E-state index in [9.17, 15) is 13.2 Å². The molecule has 0 saturated heterocycles. The molecule has 0 N–H and O–H groups in total. The topological polar surface area (TPSA) is 23.8 Å². The van der Waals surface area contributed by atoms with Crippen LogP contribution >= 0.6 is 0 Å². The Morgan fingerprint density at radius 2 is 1.39 bits per heavy atom. The van der Waals surface area contributed by atoms with Gasteiger partial charge in [0.15, 0.2) is 0 Å². The number of rotatable bonds is 4. The average molecular weight is 387 g/mol. The van der Waals surface area contributed by atoms with E-state index in [0.717, 1.165) is 30.2 Å². The molecule has 0 aromatic heterocycles. The third-order valence-electron chi connectivity index (χ3n) is 6.63. The zero-order valence-electron chi connectivity index (χ0n) is 16.2. The van der Waals surface area contributed by atoms with Gasteiger partial charge in [-0.2, -0.15) is 18.4 Å². The predicted octanol–water partition coefficient (Wildman–Crippen LogP) is 7.42. The first-order valence-corrected chi connectivity index (χ1v) is 10.4. The Morgan fingerprint density at radius 1 is 0.821 bits per heavy atom. The lowest BCUT2D eigenvalue weighted by atomic mass is 9.68. The molecule has 2 aliphatic carbocycles. The zero-order chi connectivity index (χ0) is 20.0. The van der Waals surface area contributed by atoms with E-state index in [1.54, 1.807) is 18.2 Å². The monoisotopic (exact) mass is 387 g/mol. The molecule has 0 radical (unpaired) electrons. The highest BCUT2D eigenvalue weighted by Crippen LogP contribution is 2.44. The molecule has 0 amide bonds. The van der Waals surface area contributed by atoms with Crippen LogP contribution in [0.1, 0.15) is 68.4 Å². The van der Waals surface area contributed by atoms with Gasteiger partial charge in [0, 0.05) is 6.08 Å². The molecule has 0 spiro atoms. The van der Waals surface area contributed by atoms with E-state index < -0.39 is 11.7 Å². The second-order valence-corrected chi connectivity index (χ2v) is 8.28. The van der Waals surface area contributed by atoms with Crippen LogP contribution in [0, 0.1) is 29.1 Å². The molecule has 2 aliphatic rings. The Morgan fingerprint density at radius 3 is 1.93 bits per heavy atom. The molecule has 150 valence electrons. The van der Waals surface area contributed by atoms with Crippen LogP contribution in [0.2, 0.25) is 0 Å². The fourth-order valence-corrected chi connectivity index (χ4v) is 5.00. The van der Waals surface area contributed by atoms with Crippen molar-refractivity contribution in [1.82, 2.24) is 0 Å². The number of hydrogen-bond acceptors (Lipinski definition) is 1. The third-order valence-corrected chi connectivity index (χ3v) is 6.63. The van der Waals surface area contributed by atoms with Crippen molar-refractivity contribution in [3.8, 4) is 6.07 Å². The zero-order valence-corrected chi connectivity index (χ0v) is 16.2. The molecular formula is C24H28F3N. The van der Waals surface area contributed by atoms with Crippen LogP contribution < -0.4 is 0 Å². The maximum Gasteiger partial charge on any atom is 0.416 e. The van der Waals surface area contributed by atoms with Crippen molar-refractivity contribution in [2.24, 2.45) is 17.8 Å². The van der Waals surface area contributed by atoms with Crippen molar-refractivity contribution in [2.45, 2.75) is 63.5 Å². The van der Waals surface area contributed by atoms with Gasteiger partial charge in [0.05, 0.1) is 11.6 Å². The quantitative estimate of drug-likeness (QED) is 0.389. The number of nitrogens with zero attached hydrogens (tertiary/aromatic N) is 1. The molecule has 0 atom stereocenters. The summed E-state index contributed by atoms with van der Waals surface area (Å²) in [6.07, 6.45) is 12.8. The summed E-state index contributed by atoms with van der Waals surface area (Å²) in [5.41, 5.74) is 0.504. The van der Waals surface area contributed by atoms with Crippen molar-refractivity contribution in [1.29, 1.82) is 5.26 Å². The molecular weight excluding hydrogens is 359 g/mol. The van der Waals surface area contributed by atoms with Crippen LogP contribution in [0.4, 0.5) is 13.2 Å². The lowest BCUT2D eigenvalue weighted by molar-refractivity contribution is -0.137. The molecule has 1 nitrogen and oxygen atoms in total. The van der Waals surface area contributed by atoms with E-state index in [1.807, 2.05) is 12.1 Å². The summed E-state index contributed by atoms with van der Waals surface area (Å²) in [6, 6.07) is 7.79. The standard InChI is InChI=1S/C24H28F3N/c25-24(26,27)23-15-13-22(14-16-23)21-11-9-20(10-12-21)19-7-5-18(6-8-19)4-2-1-3-17-28/h1-4,13-16,18-21H,5-12H2/t18-,19-,20-,21-. The van der Waals surface area contributed by atoms with Crippen molar-refractivity contribution < 1.29 is 13.2 Å². The molecule has 0 heterocycles. The number of alkyl halides is 3. The Hall–Kier alpha value is -2.02. The summed E-state index contributed by atoms with van der Waals surface area (Å²) >= 11 is 0. The van der Waals surface area contributed by atoms with E-state index in [2.05, 4.69) is 6.08 Å². The summed E-state index contributed by atoms with van der Waals surface area (Å²) in [5.74, 6) is 2.61. The molecule has 3 rings (SSSR count). The minimum absolute atomic E-state index is 0.407. The molecule has 1 aromatic carbocycles. The molecule has 0 aliphatic heterocycles. The van der Waals surface area contributed by atoms with Gasteiger partial charge in [-0.25, -0.2) is 0 Å². The van der Waals surface area contributed by atoms with E-state index in [1.165, 1.54) is 56.7 Å². The lowest BCUT2D eigenvalue weighted by Gasteiger charge is -2.37. The number of nitriles is 1. The molecule has 0 unspecified atom stereocenters. The summed E-state index contributed by atoms with van der Waals surface area (Å²) in [7, 11) is 0. The van der Waals surface area contributed by atoms with E-state index in [4.69, 9.17) is 5.26 Å².